The minimum Gasteiger partial charge on any atom is -0.316 e. The van der Waals surface area contributed by atoms with Crippen molar-refractivity contribution in [3.63, 3.8) is 0 Å². The zero-order chi connectivity index (χ0) is 18.9. The fraction of sp³-hybridized carbons (Fsp3) is 0.870. The van der Waals surface area contributed by atoms with Gasteiger partial charge in [0.05, 0.1) is 6.17 Å². The van der Waals surface area contributed by atoms with Gasteiger partial charge in [0.1, 0.15) is 6.17 Å². The summed E-state index contributed by atoms with van der Waals surface area (Å²) >= 11 is 0. The van der Waals surface area contributed by atoms with Gasteiger partial charge in [0.2, 0.25) is 0 Å². The molecule has 1 aliphatic rings. The second kappa shape index (κ2) is 16.5. The summed E-state index contributed by atoms with van der Waals surface area (Å²) in [6.45, 7) is 5.25. The molecule has 2 unspecified atom stereocenters. The largest absolute Gasteiger partial charge is 0.316 e. The predicted octanol–water partition coefficient (Wildman–Crippen LogP) is 6.43. The first-order valence-electron chi connectivity index (χ1n) is 11.4. The van der Waals surface area contributed by atoms with Gasteiger partial charge >= 0.3 is 0 Å². The summed E-state index contributed by atoms with van der Waals surface area (Å²) in [6.07, 6.45) is 27.6. The van der Waals surface area contributed by atoms with Crippen molar-refractivity contribution >= 4 is 6.21 Å². The molecule has 0 aromatic carbocycles. The highest BCUT2D eigenvalue weighted by molar-refractivity contribution is 5.62. The van der Waals surface area contributed by atoms with E-state index in [4.69, 9.17) is 5.73 Å². The van der Waals surface area contributed by atoms with Crippen LogP contribution in [0.5, 0.6) is 0 Å². The third-order valence-corrected chi connectivity index (χ3v) is 5.45. The fourth-order valence-electron chi connectivity index (χ4n) is 3.73. The van der Waals surface area contributed by atoms with E-state index in [2.05, 4.69) is 35.9 Å². The van der Waals surface area contributed by atoms with Gasteiger partial charge in [0.15, 0.2) is 0 Å². The second-order valence-corrected chi connectivity index (χ2v) is 7.98. The van der Waals surface area contributed by atoms with E-state index in [0.29, 0.717) is 6.17 Å². The molecule has 0 radical (unpaired) electrons. The molecule has 3 nitrogen and oxygen atoms in total. The van der Waals surface area contributed by atoms with Gasteiger partial charge in [-0.15, -0.1) is 0 Å². The molecule has 1 rings (SSSR count). The molecule has 0 spiro atoms. The molecule has 3 heteroatoms. The molecule has 26 heavy (non-hydrogen) atoms. The number of hydrogen-bond acceptors (Lipinski definition) is 3. The van der Waals surface area contributed by atoms with Crippen molar-refractivity contribution in [2.75, 3.05) is 6.54 Å². The highest BCUT2D eigenvalue weighted by Crippen LogP contribution is 2.16. The first kappa shape index (κ1) is 23.4. The fourth-order valence-corrected chi connectivity index (χ4v) is 3.73. The Morgan fingerprint density at radius 1 is 0.923 bits per heavy atom. The van der Waals surface area contributed by atoms with Crippen molar-refractivity contribution in [3.8, 4) is 0 Å². The Bertz CT molecular complexity index is 362. The van der Waals surface area contributed by atoms with Crippen molar-refractivity contribution in [2.45, 2.75) is 122 Å². The number of nitrogens with two attached hydrogens (primary N) is 1. The average Bonchev–Trinajstić information content (AvgIpc) is 3.10. The summed E-state index contributed by atoms with van der Waals surface area (Å²) in [6, 6.07) is 0. The monoisotopic (exact) mass is 363 g/mol. The maximum atomic E-state index is 5.98. The van der Waals surface area contributed by atoms with Gasteiger partial charge in [-0.05, 0) is 39.0 Å². The van der Waals surface area contributed by atoms with Crippen LogP contribution in [0, 0.1) is 0 Å². The maximum absolute atomic E-state index is 5.98. The summed E-state index contributed by atoms with van der Waals surface area (Å²) in [5.74, 6) is 0. The maximum Gasteiger partial charge on any atom is 0.103 e. The minimum atomic E-state index is 0.110. The Kier molecular flexibility index (Phi) is 14.8. The van der Waals surface area contributed by atoms with E-state index in [1.54, 1.807) is 0 Å². The quantitative estimate of drug-likeness (QED) is 0.239. The molecule has 0 aromatic rings. The lowest BCUT2D eigenvalue weighted by molar-refractivity contribution is 0.183. The van der Waals surface area contributed by atoms with Crippen LogP contribution >= 0.6 is 0 Å². The van der Waals surface area contributed by atoms with Crippen molar-refractivity contribution in [2.24, 2.45) is 10.7 Å². The zero-order valence-electron chi connectivity index (χ0n) is 17.7. The van der Waals surface area contributed by atoms with Crippen LogP contribution in [0.3, 0.4) is 0 Å². The molecule has 0 aromatic heterocycles. The predicted molar refractivity (Wildman–Crippen MR) is 117 cm³/mol. The molecule has 0 saturated carbocycles. The van der Waals surface area contributed by atoms with E-state index in [9.17, 15) is 0 Å². The number of allylic oxidation sites excluding steroid dienone is 2. The first-order chi connectivity index (χ1) is 12.8. The highest BCUT2D eigenvalue weighted by atomic mass is 15.3. The second-order valence-electron chi connectivity index (χ2n) is 7.98. The van der Waals surface area contributed by atoms with Crippen molar-refractivity contribution < 1.29 is 0 Å². The number of aliphatic imine (C=N–C) groups is 1. The van der Waals surface area contributed by atoms with Crippen LogP contribution in [-0.4, -0.2) is 30.0 Å². The molecular formula is C23H45N3. The molecule has 0 amide bonds. The standard InChI is InChI=1S/C23H45N3/c1-3-4-5-6-7-8-9-10-11-12-13-14-15-16-17-18-19-23-25-20-21-26(23)22(2)24/h15-16,20,22-23H,3-14,17-19,21,24H2,1-2H3/b16-15+. The van der Waals surface area contributed by atoms with Gasteiger partial charge in [-0.3, -0.25) is 9.89 Å². The summed E-state index contributed by atoms with van der Waals surface area (Å²) in [5, 5.41) is 0. The first-order valence-corrected chi connectivity index (χ1v) is 11.4. The SMILES string of the molecule is CCCCCCCCCCCCC/C=C/CCCC1N=CCN1C(C)N. The Hall–Kier alpha value is -0.670. The molecule has 0 fully saturated rings. The van der Waals surface area contributed by atoms with Gasteiger partial charge in [-0.1, -0.05) is 83.3 Å². The Morgan fingerprint density at radius 3 is 2.04 bits per heavy atom. The molecule has 2 N–H and O–H groups in total. The van der Waals surface area contributed by atoms with E-state index in [-0.39, 0.29) is 6.17 Å². The van der Waals surface area contributed by atoms with Gasteiger partial charge in [-0.2, -0.15) is 0 Å². The minimum absolute atomic E-state index is 0.110. The Morgan fingerprint density at radius 2 is 1.46 bits per heavy atom. The van der Waals surface area contributed by atoms with E-state index in [1.165, 1.54) is 89.9 Å². The molecule has 0 bridgehead atoms. The van der Waals surface area contributed by atoms with E-state index in [0.717, 1.165) is 13.0 Å². The number of hydrogen-bond donors (Lipinski definition) is 1. The molecule has 1 heterocycles. The lowest BCUT2D eigenvalue weighted by Gasteiger charge is -2.26. The van der Waals surface area contributed by atoms with Crippen LogP contribution in [-0.2, 0) is 0 Å². The van der Waals surface area contributed by atoms with Crippen molar-refractivity contribution in [1.29, 1.82) is 0 Å². The normalized spacial score (nSPS) is 19.0. The van der Waals surface area contributed by atoms with Crippen LogP contribution in [0.25, 0.3) is 0 Å². The van der Waals surface area contributed by atoms with Crippen molar-refractivity contribution in [3.05, 3.63) is 12.2 Å². The third-order valence-electron chi connectivity index (χ3n) is 5.45. The van der Waals surface area contributed by atoms with E-state index >= 15 is 0 Å². The van der Waals surface area contributed by atoms with Crippen molar-refractivity contribution in [1.82, 2.24) is 4.90 Å². The topological polar surface area (TPSA) is 41.6 Å². The van der Waals surface area contributed by atoms with E-state index < -0.39 is 0 Å². The lowest BCUT2D eigenvalue weighted by Crippen LogP contribution is -2.43. The Balaban J connectivity index is 1.82. The molecular weight excluding hydrogens is 318 g/mol. The molecule has 2 atom stereocenters. The van der Waals surface area contributed by atoms with Gasteiger partial charge in [0.25, 0.3) is 0 Å². The highest BCUT2D eigenvalue weighted by Gasteiger charge is 2.22. The summed E-state index contributed by atoms with van der Waals surface area (Å²) in [7, 11) is 0. The number of rotatable bonds is 17. The molecule has 0 saturated heterocycles. The van der Waals surface area contributed by atoms with Crippen LogP contribution in [0.2, 0.25) is 0 Å². The van der Waals surface area contributed by atoms with Gasteiger partial charge < -0.3 is 5.73 Å². The molecule has 0 aliphatic carbocycles. The zero-order valence-corrected chi connectivity index (χ0v) is 17.7. The Labute approximate surface area is 163 Å². The molecule has 152 valence electrons. The summed E-state index contributed by atoms with van der Waals surface area (Å²) in [4.78, 5) is 6.82. The van der Waals surface area contributed by atoms with Gasteiger partial charge in [0, 0.05) is 12.8 Å². The average molecular weight is 364 g/mol. The number of nitrogens with zero attached hydrogens (tertiary/aromatic N) is 2. The lowest BCUT2D eigenvalue weighted by atomic mass is 10.1. The van der Waals surface area contributed by atoms with Crippen LogP contribution < -0.4 is 5.73 Å². The number of unbranched alkanes of at least 4 members (excludes halogenated alkanes) is 12. The van der Waals surface area contributed by atoms with Crippen LogP contribution in [0.4, 0.5) is 0 Å². The molecule has 1 aliphatic heterocycles. The summed E-state index contributed by atoms with van der Waals surface area (Å²) < 4.78 is 0. The van der Waals surface area contributed by atoms with Gasteiger partial charge in [-0.25, -0.2) is 0 Å². The van der Waals surface area contributed by atoms with E-state index in [1.807, 2.05) is 6.21 Å². The van der Waals surface area contributed by atoms with Crippen LogP contribution in [0.15, 0.2) is 17.1 Å². The third kappa shape index (κ3) is 11.9. The smallest absolute Gasteiger partial charge is 0.103 e. The summed E-state index contributed by atoms with van der Waals surface area (Å²) in [5.41, 5.74) is 5.98. The van der Waals surface area contributed by atoms with Crippen LogP contribution in [0.1, 0.15) is 110 Å².